The summed E-state index contributed by atoms with van der Waals surface area (Å²) in [6.45, 7) is 16.4. The van der Waals surface area contributed by atoms with Gasteiger partial charge in [0.1, 0.15) is 0 Å². The van der Waals surface area contributed by atoms with Crippen molar-refractivity contribution in [1.29, 1.82) is 0 Å². The van der Waals surface area contributed by atoms with E-state index in [2.05, 4.69) is 24.5 Å². The molecule has 0 aliphatic heterocycles. The second kappa shape index (κ2) is 20.7. The first kappa shape index (κ1) is 32.0. The van der Waals surface area contributed by atoms with Crippen LogP contribution >= 0.6 is 11.8 Å². The molecule has 31 heavy (non-hydrogen) atoms. The third-order valence-corrected chi connectivity index (χ3v) is 5.18. The van der Waals surface area contributed by atoms with Gasteiger partial charge in [-0.3, -0.25) is 14.4 Å². The molecule has 0 fully saturated rings. The highest BCUT2D eigenvalue weighted by Gasteiger charge is 2.25. The zero-order chi connectivity index (χ0) is 24.2. The van der Waals surface area contributed by atoms with E-state index in [4.69, 9.17) is 15.2 Å². The normalized spacial score (nSPS) is 12.7. The number of thioether (sulfide) groups is 1. The maximum atomic E-state index is 12.5. The first-order chi connectivity index (χ1) is 14.7. The van der Waals surface area contributed by atoms with E-state index in [1.165, 1.54) is 11.8 Å². The second-order valence-corrected chi connectivity index (χ2v) is 8.73. The fourth-order valence-electron chi connectivity index (χ4n) is 2.28. The van der Waals surface area contributed by atoms with Gasteiger partial charge in [-0.05, 0) is 12.8 Å². The predicted molar refractivity (Wildman–Crippen MR) is 128 cm³/mol. The third kappa shape index (κ3) is 18.1. The smallest absolute Gasteiger partial charge is 0.233 e. The molecule has 0 rings (SSSR count). The second-order valence-electron chi connectivity index (χ2n) is 7.50. The molecule has 0 saturated carbocycles. The molecule has 0 saturated heterocycles. The molecular weight excluding hydrogens is 418 g/mol. The van der Waals surface area contributed by atoms with E-state index in [9.17, 15) is 14.4 Å². The van der Waals surface area contributed by atoms with Gasteiger partial charge in [-0.25, -0.2) is 0 Å². The Morgan fingerprint density at radius 2 is 1.55 bits per heavy atom. The summed E-state index contributed by atoms with van der Waals surface area (Å²) < 4.78 is 10.6. The maximum Gasteiger partial charge on any atom is 0.233 e. The van der Waals surface area contributed by atoms with E-state index in [1.807, 2.05) is 20.8 Å². The van der Waals surface area contributed by atoms with Crippen molar-refractivity contribution >= 4 is 29.4 Å². The zero-order valence-electron chi connectivity index (χ0n) is 20.5. The molecule has 0 aromatic heterocycles. The number of ketones is 1. The molecule has 2 amide bonds. The summed E-state index contributed by atoms with van der Waals surface area (Å²) in [4.78, 5) is 36.7. The fourth-order valence-corrected chi connectivity index (χ4v) is 3.39. The highest BCUT2D eigenvalue weighted by molar-refractivity contribution is 8.00. The highest BCUT2D eigenvalue weighted by atomic mass is 32.2. The van der Waals surface area contributed by atoms with Crippen LogP contribution < -0.4 is 16.4 Å². The van der Waals surface area contributed by atoms with Crippen LogP contribution in [-0.2, 0) is 23.9 Å². The molecule has 184 valence electrons. The van der Waals surface area contributed by atoms with Crippen molar-refractivity contribution in [3.8, 4) is 0 Å². The molecule has 0 aromatic rings. The van der Waals surface area contributed by atoms with Crippen molar-refractivity contribution in [3.05, 3.63) is 0 Å². The van der Waals surface area contributed by atoms with Crippen molar-refractivity contribution in [2.75, 3.05) is 45.3 Å². The van der Waals surface area contributed by atoms with Crippen LogP contribution in [0.4, 0.5) is 0 Å². The molecular formula is C22H45N3O5S. The van der Waals surface area contributed by atoms with Crippen LogP contribution in [0.25, 0.3) is 0 Å². The van der Waals surface area contributed by atoms with E-state index >= 15 is 0 Å². The van der Waals surface area contributed by atoms with Gasteiger partial charge >= 0.3 is 0 Å². The minimum absolute atomic E-state index is 0.0118. The number of carbonyl (C=O) groups excluding carboxylic acids is 3. The first-order valence-corrected chi connectivity index (χ1v) is 12.3. The van der Waals surface area contributed by atoms with E-state index in [0.29, 0.717) is 45.4 Å². The number of hydrogen-bond donors (Lipinski definition) is 3. The lowest BCUT2D eigenvalue weighted by molar-refractivity contribution is -0.126. The molecule has 0 aromatic carbocycles. The summed E-state index contributed by atoms with van der Waals surface area (Å²) >= 11 is 1.23. The topological polar surface area (TPSA) is 120 Å². The van der Waals surface area contributed by atoms with Gasteiger partial charge in [-0.15, -0.1) is 11.8 Å². The number of hydrogen-bond acceptors (Lipinski definition) is 7. The van der Waals surface area contributed by atoms with Crippen LogP contribution in [0.3, 0.4) is 0 Å². The molecule has 8 nitrogen and oxygen atoms in total. The lowest BCUT2D eigenvalue weighted by Crippen LogP contribution is -2.41. The molecule has 0 aliphatic carbocycles. The fraction of sp³-hybridized carbons (Fsp3) is 0.864. The van der Waals surface area contributed by atoms with E-state index < -0.39 is 11.3 Å². The minimum Gasteiger partial charge on any atom is -0.380 e. The van der Waals surface area contributed by atoms with Crippen LogP contribution in [0, 0.1) is 11.8 Å². The van der Waals surface area contributed by atoms with Crippen molar-refractivity contribution in [3.63, 3.8) is 0 Å². The Kier molecular flexibility index (Phi) is 21.4. The van der Waals surface area contributed by atoms with Gasteiger partial charge in [0.15, 0.2) is 5.78 Å². The van der Waals surface area contributed by atoms with Gasteiger partial charge in [-0.2, -0.15) is 0 Å². The van der Waals surface area contributed by atoms with Crippen LogP contribution in [0.1, 0.15) is 54.9 Å². The third-order valence-electron chi connectivity index (χ3n) is 3.84. The van der Waals surface area contributed by atoms with Crippen molar-refractivity contribution in [2.45, 2.75) is 66.2 Å². The Morgan fingerprint density at radius 3 is 2.10 bits per heavy atom. The summed E-state index contributed by atoms with van der Waals surface area (Å²) in [5, 5.41) is 4.91. The van der Waals surface area contributed by atoms with Gasteiger partial charge in [0.05, 0.1) is 24.5 Å². The lowest BCUT2D eigenvalue weighted by atomic mass is 10.0. The van der Waals surface area contributed by atoms with Crippen LogP contribution in [0.5, 0.6) is 0 Å². The standard InChI is InChI=1S/C20H39N3O5S.C2H6/c1-6-27-9-8-23-20(26)17(29-13-16(21)19(25)15(4)5)11-18(24)22-7-10-28-12-14(2)3;1-2/h14-17H,6-13,21H2,1-5H3,(H,22,24)(H,23,26);1-2H3. The van der Waals surface area contributed by atoms with Crippen molar-refractivity contribution in [2.24, 2.45) is 17.6 Å². The lowest BCUT2D eigenvalue weighted by Gasteiger charge is -2.19. The molecule has 0 heterocycles. The van der Waals surface area contributed by atoms with E-state index in [1.54, 1.807) is 13.8 Å². The number of rotatable bonds is 17. The largest absolute Gasteiger partial charge is 0.380 e. The Balaban J connectivity index is 0. The molecule has 0 radical (unpaired) electrons. The molecule has 0 aliphatic rings. The summed E-state index contributed by atoms with van der Waals surface area (Å²) in [6.07, 6.45) is 0.0118. The number of carbonyl (C=O) groups is 3. The van der Waals surface area contributed by atoms with Gasteiger partial charge < -0.3 is 25.8 Å². The SMILES string of the molecule is CC.CCOCCNC(=O)C(CC(=O)NCCOCC(C)C)SCC(N)C(=O)C(C)C. The van der Waals surface area contributed by atoms with Crippen LogP contribution in [0.15, 0.2) is 0 Å². The number of amides is 2. The van der Waals surface area contributed by atoms with Gasteiger partial charge in [0, 0.05) is 44.4 Å². The predicted octanol–water partition coefficient (Wildman–Crippen LogP) is 2.00. The Hall–Kier alpha value is -1.16. The average Bonchev–Trinajstić information content (AvgIpc) is 2.74. The summed E-state index contributed by atoms with van der Waals surface area (Å²) in [7, 11) is 0. The Morgan fingerprint density at radius 1 is 0.968 bits per heavy atom. The molecule has 2 atom stereocenters. The number of nitrogens with two attached hydrogens (primary N) is 1. The van der Waals surface area contributed by atoms with Gasteiger partial charge in [0.2, 0.25) is 11.8 Å². The first-order valence-electron chi connectivity index (χ1n) is 11.3. The van der Waals surface area contributed by atoms with Gasteiger partial charge in [0.25, 0.3) is 0 Å². The molecule has 2 unspecified atom stereocenters. The quantitative estimate of drug-likeness (QED) is 0.282. The maximum absolute atomic E-state index is 12.5. The molecule has 4 N–H and O–H groups in total. The zero-order valence-corrected chi connectivity index (χ0v) is 21.3. The summed E-state index contributed by atoms with van der Waals surface area (Å²) in [5.41, 5.74) is 5.94. The average molecular weight is 464 g/mol. The van der Waals surface area contributed by atoms with Gasteiger partial charge in [-0.1, -0.05) is 41.5 Å². The molecule has 0 spiro atoms. The van der Waals surface area contributed by atoms with Crippen LogP contribution in [-0.4, -0.2) is 74.2 Å². The molecule has 0 bridgehead atoms. The summed E-state index contributed by atoms with van der Waals surface area (Å²) in [5.74, 6) is -0.00206. The van der Waals surface area contributed by atoms with Crippen molar-refractivity contribution in [1.82, 2.24) is 10.6 Å². The number of ether oxygens (including phenoxy) is 2. The molecule has 9 heteroatoms. The minimum atomic E-state index is -0.661. The monoisotopic (exact) mass is 463 g/mol. The number of nitrogens with one attached hydrogen (secondary N) is 2. The van der Waals surface area contributed by atoms with Crippen LogP contribution in [0.2, 0.25) is 0 Å². The summed E-state index contributed by atoms with van der Waals surface area (Å²) in [6, 6.07) is -0.661. The van der Waals surface area contributed by atoms with E-state index in [-0.39, 0.29) is 35.7 Å². The Bertz CT molecular complexity index is 490. The highest BCUT2D eigenvalue weighted by Crippen LogP contribution is 2.17. The van der Waals surface area contributed by atoms with Crippen molar-refractivity contribution < 1.29 is 23.9 Å². The Labute approximate surface area is 193 Å². The van der Waals surface area contributed by atoms with E-state index in [0.717, 1.165) is 0 Å². The number of Topliss-reactive ketones (excluding diaryl/α,β-unsaturated/α-hetero) is 1.